The smallest absolute Gasteiger partial charge is 0.289 e. The third-order valence-electron chi connectivity index (χ3n) is 7.98. The van der Waals surface area contributed by atoms with E-state index in [1.54, 1.807) is 17.2 Å². The SMILES string of the molecule is Nc1ncccc1-c1nc2ccc(-n3ncc(C4CC4)n3)nc2n1-c1ccc2c(c1)CC[C@@H]2NC(=O)c1cnc(C(F)F)s1. The summed E-state index contributed by atoms with van der Waals surface area (Å²) in [6.45, 7) is 0. The maximum absolute atomic E-state index is 13.0. The Morgan fingerprint density at radius 3 is 2.75 bits per heavy atom. The summed E-state index contributed by atoms with van der Waals surface area (Å²) in [6.07, 6.45) is 5.56. The van der Waals surface area contributed by atoms with Gasteiger partial charge in [0.25, 0.3) is 12.3 Å². The number of thiazole rings is 1. The molecule has 3 N–H and O–H groups in total. The first-order valence-electron chi connectivity index (χ1n) is 14.1. The van der Waals surface area contributed by atoms with Crippen LogP contribution in [0, 0.1) is 0 Å². The summed E-state index contributed by atoms with van der Waals surface area (Å²) < 4.78 is 27.9. The van der Waals surface area contributed by atoms with Crippen molar-refractivity contribution in [2.45, 2.75) is 44.1 Å². The summed E-state index contributed by atoms with van der Waals surface area (Å²) in [5.41, 5.74) is 12.0. The van der Waals surface area contributed by atoms with Gasteiger partial charge in [0.1, 0.15) is 16.2 Å². The number of imidazole rings is 1. The van der Waals surface area contributed by atoms with Gasteiger partial charge in [-0.2, -0.15) is 10.2 Å². The number of nitrogens with zero attached hydrogens (tertiary/aromatic N) is 8. The van der Waals surface area contributed by atoms with Gasteiger partial charge < -0.3 is 11.1 Å². The number of nitrogen functional groups attached to an aromatic ring is 1. The first kappa shape index (κ1) is 26.5. The van der Waals surface area contributed by atoms with E-state index in [0.717, 1.165) is 41.8 Å². The second-order valence-corrected chi connectivity index (χ2v) is 11.9. The standard InChI is InChI=1S/C30H24F2N10OS/c31-25(32)30-35-14-23(44-30)29(43)38-20-8-5-16-12-17(6-7-18(16)20)41-27(19-2-1-11-34-26(19)33)37-21-9-10-24(39-28(21)41)42-36-13-22(40-42)15-3-4-15/h1-2,6-7,9-15,20,25H,3-5,8H2,(H2,33,34)(H,38,43)/t20-/m0/s1. The molecule has 0 spiro atoms. The van der Waals surface area contributed by atoms with Gasteiger partial charge in [-0.3, -0.25) is 9.36 Å². The van der Waals surface area contributed by atoms with Gasteiger partial charge in [0.05, 0.1) is 29.7 Å². The maximum atomic E-state index is 13.0. The van der Waals surface area contributed by atoms with Crippen LogP contribution in [-0.2, 0) is 6.42 Å². The van der Waals surface area contributed by atoms with Crippen molar-refractivity contribution >= 4 is 34.2 Å². The van der Waals surface area contributed by atoms with E-state index in [4.69, 9.17) is 15.7 Å². The number of pyridine rings is 2. The van der Waals surface area contributed by atoms with Crippen molar-refractivity contribution in [1.82, 2.24) is 44.8 Å². The number of carbonyl (C=O) groups excluding carboxylic acids is 1. The van der Waals surface area contributed by atoms with E-state index < -0.39 is 12.3 Å². The number of aryl methyl sites for hydroxylation is 1. The highest BCUT2D eigenvalue weighted by Crippen LogP contribution is 2.39. The number of aromatic nitrogens is 8. The fraction of sp³-hybridized carbons (Fsp3) is 0.233. The third-order valence-corrected chi connectivity index (χ3v) is 8.98. The van der Waals surface area contributed by atoms with E-state index in [1.807, 2.05) is 41.0 Å². The number of rotatable bonds is 7. The minimum Gasteiger partial charge on any atom is -0.383 e. The number of anilines is 1. The van der Waals surface area contributed by atoms with Crippen molar-refractivity contribution in [3.05, 3.63) is 87.8 Å². The fourth-order valence-corrected chi connectivity index (χ4v) is 6.33. The highest BCUT2D eigenvalue weighted by Gasteiger charge is 2.29. The van der Waals surface area contributed by atoms with E-state index in [2.05, 4.69) is 31.5 Å². The van der Waals surface area contributed by atoms with Crippen molar-refractivity contribution in [2.75, 3.05) is 5.73 Å². The van der Waals surface area contributed by atoms with E-state index in [1.165, 1.54) is 6.20 Å². The van der Waals surface area contributed by atoms with Crippen LogP contribution in [0.4, 0.5) is 14.6 Å². The van der Waals surface area contributed by atoms with Crippen molar-refractivity contribution < 1.29 is 13.6 Å². The molecular weight excluding hydrogens is 586 g/mol. The van der Waals surface area contributed by atoms with E-state index in [-0.39, 0.29) is 15.9 Å². The molecule has 0 aliphatic heterocycles. The predicted octanol–water partition coefficient (Wildman–Crippen LogP) is 5.33. The molecule has 0 bridgehead atoms. The molecule has 1 aromatic carbocycles. The van der Waals surface area contributed by atoms with Gasteiger partial charge in [-0.1, -0.05) is 6.07 Å². The van der Waals surface area contributed by atoms with Crippen molar-refractivity contribution in [3.8, 4) is 22.9 Å². The largest absolute Gasteiger partial charge is 0.383 e. The number of benzene rings is 1. The first-order chi connectivity index (χ1) is 21.4. The van der Waals surface area contributed by atoms with Crippen LogP contribution in [0.15, 0.2) is 61.1 Å². The molecule has 44 heavy (non-hydrogen) atoms. The summed E-state index contributed by atoms with van der Waals surface area (Å²) in [7, 11) is 0. The molecule has 5 heterocycles. The molecule has 5 aromatic heterocycles. The monoisotopic (exact) mass is 610 g/mol. The number of halogens is 2. The van der Waals surface area contributed by atoms with Crippen molar-refractivity contribution in [3.63, 3.8) is 0 Å². The Balaban J connectivity index is 1.18. The molecule has 8 rings (SSSR count). The second-order valence-electron chi connectivity index (χ2n) is 10.9. The molecule has 11 nitrogen and oxygen atoms in total. The van der Waals surface area contributed by atoms with Crippen LogP contribution in [0.1, 0.15) is 69.1 Å². The lowest BCUT2D eigenvalue weighted by Gasteiger charge is -2.15. The molecule has 14 heteroatoms. The minimum absolute atomic E-state index is 0.159. The van der Waals surface area contributed by atoms with Crippen LogP contribution in [0.25, 0.3) is 34.1 Å². The van der Waals surface area contributed by atoms with Crippen LogP contribution in [0.2, 0.25) is 0 Å². The van der Waals surface area contributed by atoms with Gasteiger partial charge >= 0.3 is 0 Å². The Labute approximate surface area is 252 Å². The van der Waals surface area contributed by atoms with E-state index in [0.29, 0.717) is 57.9 Å². The molecule has 0 saturated heterocycles. The summed E-state index contributed by atoms with van der Waals surface area (Å²) in [5.74, 6) is 1.55. The normalized spacial score (nSPS) is 16.1. The number of alkyl halides is 2. The average Bonchev–Trinajstić information content (AvgIpc) is 3.41. The van der Waals surface area contributed by atoms with Gasteiger partial charge in [0, 0.05) is 17.8 Å². The Hall–Kier alpha value is -5.11. The molecule has 220 valence electrons. The fourth-order valence-electron chi connectivity index (χ4n) is 5.66. The molecule has 1 saturated carbocycles. The second kappa shape index (κ2) is 10.3. The molecule has 2 aliphatic rings. The number of carbonyl (C=O) groups is 1. The lowest BCUT2D eigenvalue weighted by molar-refractivity contribution is 0.0940. The Morgan fingerprint density at radius 2 is 1.95 bits per heavy atom. The maximum Gasteiger partial charge on any atom is 0.289 e. The number of nitrogens with two attached hydrogens (primary N) is 1. The van der Waals surface area contributed by atoms with Crippen LogP contribution in [0.3, 0.4) is 0 Å². The van der Waals surface area contributed by atoms with Gasteiger partial charge in [-0.25, -0.2) is 28.7 Å². The zero-order chi connectivity index (χ0) is 29.9. The quantitative estimate of drug-likeness (QED) is 0.247. The highest BCUT2D eigenvalue weighted by atomic mass is 32.1. The Bertz CT molecular complexity index is 2060. The molecule has 2 aliphatic carbocycles. The van der Waals surface area contributed by atoms with Gasteiger partial charge in [-0.15, -0.1) is 16.1 Å². The molecule has 0 unspecified atom stereocenters. The zero-order valence-electron chi connectivity index (χ0n) is 23.1. The van der Waals surface area contributed by atoms with Gasteiger partial charge in [-0.05, 0) is 73.2 Å². The molecule has 1 amide bonds. The molecular formula is C30H24F2N10OS. The topological polar surface area (TPSA) is 142 Å². The minimum atomic E-state index is -2.71. The average molecular weight is 611 g/mol. The summed E-state index contributed by atoms with van der Waals surface area (Å²) in [6, 6.07) is 13.1. The van der Waals surface area contributed by atoms with Crippen LogP contribution in [0.5, 0.6) is 0 Å². The summed E-state index contributed by atoms with van der Waals surface area (Å²) in [4.78, 5) is 32.3. The first-order valence-corrected chi connectivity index (χ1v) is 15.0. The van der Waals surface area contributed by atoms with Gasteiger partial charge in [0.15, 0.2) is 22.3 Å². The van der Waals surface area contributed by atoms with E-state index in [9.17, 15) is 13.6 Å². The van der Waals surface area contributed by atoms with Crippen LogP contribution < -0.4 is 11.1 Å². The van der Waals surface area contributed by atoms with Crippen LogP contribution in [-0.4, -0.2) is 45.4 Å². The summed E-state index contributed by atoms with van der Waals surface area (Å²) >= 11 is 0.705. The molecule has 1 fully saturated rings. The third kappa shape index (κ3) is 4.58. The number of amides is 1. The Kier molecular flexibility index (Phi) is 6.18. The molecule has 1 atom stereocenters. The van der Waals surface area contributed by atoms with E-state index >= 15 is 0 Å². The lowest BCUT2D eigenvalue weighted by atomic mass is 10.1. The zero-order valence-corrected chi connectivity index (χ0v) is 23.9. The Morgan fingerprint density at radius 1 is 1.07 bits per heavy atom. The van der Waals surface area contributed by atoms with Gasteiger partial charge in [0.2, 0.25) is 0 Å². The van der Waals surface area contributed by atoms with Crippen molar-refractivity contribution in [1.29, 1.82) is 0 Å². The lowest BCUT2D eigenvalue weighted by Crippen LogP contribution is -2.26. The highest BCUT2D eigenvalue weighted by molar-refractivity contribution is 7.13. The number of fused-ring (bicyclic) bond motifs is 2. The molecule has 0 radical (unpaired) electrons. The molecule has 6 aromatic rings. The van der Waals surface area contributed by atoms with Crippen molar-refractivity contribution in [2.24, 2.45) is 0 Å². The summed E-state index contributed by atoms with van der Waals surface area (Å²) in [5, 5.41) is 11.7. The number of nitrogens with one attached hydrogen (secondary N) is 1. The van der Waals surface area contributed by atoms with Crippen LogP contribution >= 0.6 is 11.3 Å². The number of hydrogen-bond acceptors (Lipinski definition) is 9. The predicted molar refractivity (Wildman–Crippen MR) is 159 cm³/mol. The number of hydrogen-bond donors (Lipinski definition) is 2.